The molecule has 2 saturated heterocycles. The minimum absolute atomic E-state index is 0.0525. The molecule has 2 unspecified atom stereocenters. The molecule has 0 bridgehead atoms. The fourth-order valence-electron chi connectivity index (χ4n) is 2.90. The van der Waals surface area contributed by atoms with Crippen molar-refractivity contribution in [2.24, 2.45) is 5.92 Å². The lowest BCUT2D eigenvalue weighted by Gasteiger charge is -2.36. The molecule has 2 heterocycles. The molecule has 0 aromatic heterocycles. The molecule has 2 amide bonds. The summed E-state index contributed by atoms with van der Waals surface area (Å²) in [5, 5.41) is 5.95. The summed E-state index contributed by atoms with van der Waals surface area (Å²) in [5.41, 5.74) is 0. The Bertz CT molecular complexity index is 369. The van der Waals surface area contributed by atoms with Gasteiger partial charge in [-0.15, -0.1) is 0 Å². The average molecular weight is 298 g/mol. The van der Waals surface area contributed by atoms with Crippen LogP contribution in [0, 0.1) is 5.92 Å². The Hall–Kier alpha value is -1.18. The van der Waals surface area contributed by atoms with Gasteiger partial charge in [-0.1, -0.05) is 0 Å². The highest BCUT2D eigenvalue weighted by molar-refractivity contribution is 5.80. The molecule has 0 saturated carbocycles. The Morgan fingerprint density at radius 3 is 2.52 bits per heavy atom. The first-order valence-corrected chi connectivity index (χ1v) is 7.68. The molecule has 2 aliphatic rings. The molecule has 0 aromatic rings. The molecule has 2 fully saturated rings. The lowest BCUT2D eigenvalue weighted by molar-refractivity contribution is -0.138. The molecule has 2 aliphatic heterocycles. The maximum atomic E-state index is 12.5. The Labute approximate surface area is 126 Å². The Morgan fingerprint density at radius 2 is 1.90 bits per heavy atom. The van der Waals surface area contributed by atoms with Crippen molar-refractivity contribution < 1.29 is 14.3 Å². The van der Waals surface area contributed by atoms with Crippen LogP contribution in [0.4, 0.5) is 0 Å². The van der Waals surface area contributed by atoms with Gasteiger partial charge in [-0.05, 0) is 14.0 Å². The summed E-state index contributed by atoms with van der Waals surface area (Å²) in [6, 6.07) is 0.117. The number of ether oxygens (including phenoxy) is 1. The molecule has 0 aromatic carbocycles. The van der Waals surface area contributed by atoms with Gasteiger partial charge in [0.15, 0.2) is 0 Å². The number of hydrogen-bond acceptors (Lipinski definition) is 5. The van der Waals surface area contributed by atoms with Gasteiger partial charge < -0.3 is 20.3 Å². The second-order valence-electron chi connectivity index (χ2n) is 5.59. The van der Waals surface area contributed by atoms with E-state index < -0.39 is 0 Å². The van der Waals surface area contributed by atoms with E-state index in [1.165, 1.54) is 0 Å². The van der Waals surface area contributed by atoms with Crippen molar-refractivity contribution in [2.45, 2.75) is 13.0 Å². The van der Waals surface area contributed by atoms with Gasteiger partial charge in [0.25, 0.3) is 0 Å². The van der Waals surface area contributed by atoms with E-state index >= 15 is 0 Å². The van der Waals surface area contributed by atoms with E-state index in [0.717, 1.165) is 13.1 Å². The highest BCUT2D eigenvalue weighted by Crippen LogP contribution is 2.17. The lowest BCUT2D eigenvalue weighted by atomic mass is 10.0. The average Bonchev–Trinajstić information content (AvgIpc) is 2.96. The van der Waals surface area contributed by atoms with Gasteiger partial charge in [0, 0.05) is 38.8 Å². The number of rotatable bonds is 5. The summed E-state index contributed by atoms with van der Waals surface area (Å²) in [6.07, 6.45) is 0. The predicted molar refractivity (Wildman–Crippen MR) is 78.9 cm³/mol. The zero-order valence-corrected chi connectivity index (χ0v) is 12.9. The van der Waals surface area contributed by atoms with Crippen molar-refractivity contribution in [3.05, 3.63) is 0 Å². The SMILES string of the molecule is CCNC(=O)CN1CCN(C(=O)C2COCC2NC)CC1. The number of hydrogen-bond donors (Lipinski definition) is 2. The first-order valence-electron chi connectivity index (χ1n) is 7.68. The van der Waals surface area contributed by atoms with E-state index in [9.17, 15) is 9.59 Å². The van der Waals surface area contributed by atoms with Crippen molar-refractivity contribution in [1.82, 2.24) is 20.4 Å². The molecule has 0 radical (unpaired) electrons. The van der Waals surface area contributed by atoms with Crippen molar-refractivity contribution in [1.29, 1.82) is 0 Å². The van der Waals surface area contributed by atoms with Gasteiger partial charge in [0.2, 0.25) is 11.8 Å². The van der Waals surface area contributed by atoms with Gasteiger partial charge in [-0.2, -0.15) is 0 Å². The molecule has 120 valence electrons. The van der Waals surface area contributed by atoms with E-state index in [1.54, 1.807) is 0 Å². The zero-order chi connectivity index (χ0) is 15.2. The Morgan fingerprint density at radius 1 is 1.19 bits per heavy atom. The zero-order valence-electron chi connectivity index (χ0n) is 12.9. The number of likely N-dealkylation sites (N-methyl/N-ethyl adjacent to an activating group) is 2. The minimum Gasteiger partial charge on any atom is -0.379 e. The number of carbonyl (C=O) groups is 2. The Kier molecular flexibility index (Phi) is 5.96. The summed E-state index contributed by atoms with van der Waals surface area (Å²) in [4.78, 5) is 28.1. The maximum absolute atomic E-state index is 12.5. The van der Waals surface area contributed by atoms with Crippen LogP contribution in [0.2, 0.25) is 0 Å². The molecule has 0 spiro atoms. The van der Waals surface area contributed by atoms with E-state index in [0.29, 0.717) is 39.4 Å². The van der Waals surface area contributed by atoms with Crippen LogP contribution in [0.25, 0.3) is 0 Å². The third kappa shape index (κ3) is 4.15. The molecule has 7 heteroatoms. The maximum Gasteiger partial charge on any atom is 0.234 e. The second-order valence-corrected chi connectivity index (χ2v) is 5.59. The third-order valence-electron chi connectivity index (χ3n) is 4.19. The van der Waals surface area contributed by atoms with E-state index in [2.05, 4.69) is 15.5 Å². The monoisotopic (exact) mass is 298 g/mol. The van der Waals surface area contributed by atoms with Gasteiger partial charge >= 0.3 is 0 Å². The van der Waals surface area contributed by atoms with Crippen LogP contribution in [0.15, 0.2) is 0 Å². The molecule has 21 heavy (non-hydrogen) atoms. The quantitative estimate of drug-likeness (QED) is 0.646. The lowest BCUT2D eigenvalue weighted by Crippen LogP contribution is -2.54. The van der Waals surface area contributed by atoms with E-state index in [1.807, 2.05) is 18.9 Å². The minimum atomic E-state index is -0.0788. The Balaban J connectivity index is 1.78. The van der Waals surface area contributed by atoms with Crippen molar-refractivity contribution in [3.63, 3.8) is 0 Å². The van der Waals surface area contributed by atoms with E-state index in [4.69, 9.17) is 4.74 Å². The summed E-state index contributed by atoms with van der Waals surface area (Å²) in [6.45, 7) is 6.97. The van der Waals surface area contributed by atoms with Crippen molar-refractivity contribution in [2.75, 3.05) is 59.5 Å². The first-order chi connectivity index (χ1) is 10.2. The fraction of sp³-hybridized carbons (Fsp3) is 0.857. The molecule has 2 atom stereocenters. The fourth-order valence-corrected chi connectivity index (χ4v) is 2.90. The third-order valence-corrected chi connectivity index (χ3v) is 4.19. The number of nitrogens with zero attached hydrogens (tertiary/aromatic N) is 2. The molecule has 2 N–H and O–H groups in total. The normalized spacial score (nSPS) is 26.9. The first kappa shape index (κ1) is 16.2. The van der Waals surface area contributed by atoms with Crippen LogP contribution in [0.5, 0.6) is 0 Å². The van der Waals surface area contributed by atoms with Crippen LogP contribution < -0.4 is 10.6 Å². The van der Waals surface area contributed by atoms with Gasteiger partial charge in [-0.25, -0.2) is 0 Å². The van der Waals surface area contributed by atoms with Crippen LogP contribution in [0.1, 0.15) is 6.92 Å². The molecule has 7 nitrogen and oxygen atoms in total. The number of piperazine rings is 1. The van der Waals surface area contributed by atoms with Crippen molar-refractivity contribution in [3.8, 4) is 0 Å². The van der Waals surface area contributed by atoms with Crippen LogP contribution in [-0.4, -0.2) is 87.2 Å². The number of nitrogens with one attached hydrogen (secondary N) is 2. The number of amides is 2. The van der Waals surface area contributed by atoms with E-state index in [-0.39, 0.29) is 23.8 Å². The highest BCUT2D eigenvalue weighted by atomic mass is 16.5. The summed E-state index contributed by atoms with van der Waals surface area (Å²) >= 11 is 0. The number of carbonyl (C=O) groups excluding carboxylic acids is 2. The standard InChI is InChI=1S/C14H26N4O3/c1-3-16-13(19)8-17-4-6-18(7-5-17)14(20)11-9-21-10-12(11)15-2/h11-12,15H,3-10H2,1-2H3,(H,16,19). The van der Waals surface area contributed by atoms with Crippen LogP contribution in [0.3, 0.4) is 0 Å². The molecular formula is C14H26N4O3. The van der Waals surface area contributed by atoms with Gasteiger partial charge in [0.05, 0.1) is 25.7 Å². The summed E-state index contributed by atoms with van der Waals surface area (Å²) < 4.78 is 5.40. The highest BCUT2D eigenvalue weighted by Gasteiger charge is 2.36. The predicted octanol–water partition coefficient (Wildman–Crippen LogP) is -1.50. The molecule has 0 aliphatic carbocycles. The van der Waals surface area contributed by atoms with Crippen LogP contribution >= 0.6 is 0 Å². The van der Waals surface area contributed by atoms with Gasteiger partial charge in [0.1, 0.15) is 0 Å². The van der Waals surface area contributed by atoms with Crippen molar-refractivity contribution >= 4 is 11.8 Å². The van der Waals surface area contributed by atoms with Crippen LogP contribution in [-0.2, 0) is 14.3 Å². The topological polar surface area (TPSA) is 73.9 Å². The smallest absolute Gasteiger partial charge is 0.234 e. The largest absolute Gasteiger partial charge is 0.379 e. The second kappa shape index (κ2) is 7.72. The summed E-state index contributed by atoms with van der Waals surface area (Å²) in [5.74, 6) is 0.145. The summed E-state index contributed by atoms with van der Waals surface area (Å²) in [7, 11) is 1.86. The molecule has 2 rings (SSSR count). The van der Waals surface area contributed by atoms with Gasteiger partial charge in [-0.3, -0.25) is 14.5 Å². The molecular weight excluding hydrogens is 272 g/mol.